The molecule has 2 aromatic carbocycles. The van der Waals surface area contributed by atoms with E-state index in [0.29, 0.717) is 11.0 Å². The van der Waals surface area contributed by atoms with Crippen LogP contribution in [0.1, 0.15) is 11.1 Å². The quantitative estimate of drug-likeness (QED) is 0.576. The van der Waals surface area contributed by atoms with Gasteiger partial charge in [0, 0.05) is 16.0 Å². The van der Waals surface area contributed by atoms with Crippen LogP contribution >= 0.6 is 23.2 Å². The van der Waals surface area contributed by atoms with Crippen LogP contribution in [0.5, 0.6) is 0 Å². The molecule has 0 radical (unpaired) electrons. The van der Waals surface area contributed by atoms with Gasteiger partial charge in [-0.05, 0) is 49.7 Å². The third-order valence-electron chi connectivity index (χ3n) is 3.22. The number of fused-ring (bicyclic) bond motifs is 1. The van der Waals surface area contributed by atoms with Gasteiger partial charge in [-0.15, -0.1) is 0 Å². The predicted molar refractivity (Wildman–Crippen MR) is 84.5 cm³/mol. The molecule has 4 heteroatoms. The van der Waals surface area contributed by atoms with Gasteiger partial charge >= 0.3 is 0 Å². The highest BCUT2D eigenvalue weighted by Crippen LogP contribution is 2.27. The number of hydrogen-bond donors (Lipinski definition) is 0. The minimum Gasteiger partial charge on any atom is -0.228 e. The highest BCUT2D eigenvalue weighted by molar-refractivity contribution is 6.34. The average molecular weight is 303 g/mol. The number of rotatable bonds is 1. The van der Waals surface area contributed by atoms with Crippen LogP contribution in [0.3, 0.4) is 0 Å². The topological polar surface area (TPSA) is 25.8 Å². The van der Waals surface area contributed by atoms with E-state index in [2.05, 4.69) is 9.97 Å². The molecule has 0 spiro atoms. The van der Waals surface area contributed by atoms with Crippen molar-refractivity contribution in [2.75, 3.05) is 0 Å². The molecule has 0 amide bonds. The smallest absolute Gasteiger partial charge is 0.161 e. The first kappa shape index (κ1) is 13.3. The maximum absolute atomic E-state index is 6.28. The highest BCUT2D eigenvalue weighted by Gasteiger charge is 2.09. The Kier molecular flexibility index (Phi) is 3.36. The van der Waals surface area contributed by atoms with Gasteiger partial charge in [0.05, 0.1) is 5.52 Å². The normalized spacial score (nSPS) is 11.0. The average Bonchev–Trinajstić information content (AvgIpc) is 2.42. The van der Waals surface area contributed by atoms with Crippen LogP contribution in [-0.2, 0) is 0 Å². The van der Waals surface area contributed by atoms with E-state index >= 15 is 0 Å². The molecule has 1 aromatic heterocycles. The molecule has 0 aliphatic carbocycles. The lowest BCUT2D eigenvalue weighted by Crippen LogP contribution is -1.93. The zero-order chi connectivity index (χ0) is 14.3. The molecule has 0 bridgehead atoms. The largest absolute Gasteiger partial charge is 0.228 e. The van der Waals surface area contributed by atoms with Gasteiger partial charge in [0.1, 0.15) is 5.15 Å². The maximum Gasteiger partial charge on any atom is 0.161 e. The molecule has 3 rings (SSSR count). The Labute approximate surface area is 127 Å². The molecule has 3 aromatic rings. The van der Waals surface area contributed by atoms with E-state index < -0.39 is 0 Å². The van der Waals surface area contributed by atoms with Gasteiger partial charge < -0.3 is 0 Å². The van der Waals surface area contributed by atoms with Crippen LogP contribution in [-0.4, -0.2) is 9.97 Å². The van der Waals surface area contributed by atoms with Crippen LogP contribution in [0.25, 0.3) is 22.3 Å². The van der Waals surface area contributed by atoms with E-state index in [0.717, 1.165) is 32.6 Å². The Bertz CT molecular complexity index is 813. The summed E-state index contributed by atoms with van der Waals surface area (Å²) in [5.74, 6) is 0.617. The lowest BCUT2D eigenvalue weighted by Gasteiger charge is -2.07. The third-order valence-corrected chi connectivity index (χ3v) is 3.93. The highest BCUT2D eigenvalue weighted by atomic mass is 35.5. The Morgan fingerprint density at radius 2 is 1.70 bits per heavy atom. The molecule has 1 heterocycles. The van der Waals surface area contributed by atoms with Crippen molar-refractivity contribution in [3.8, 4) is 11.4 Å². The third kappa shape index (κ3) is 2.37. The Hall–Kier alpha value is -1.64. The van der Waals surface area contributed by atoms with E-state index in [1.807, 2.05) is 50.2 Å². The van der Waals surface area contributed by atoms with Crippen molar-refractivity contribution in [1.29, 1.82) is 0 Å². The minimum absolute atomic E-state index is 0.473. The van der Waals surface area contributed by atoms with Gasteiger partial charge in [-0.2, -0.15) is 0 Å². The van der Waals surface area contributed by atoms with Gasteiger partial charge in [0.2, 0.25) is 0 Å². The monoisotopic (exact) mass is 302 g/mol. The van der Waals surface area contributed by atoms with Crippen LogP contribution < -0.4 is 0 Å². The van der Waals surface area contributed by atoms with E-state index in [1.54, 1.807) is 0 Å². The molecule has 0 saturated heterocycles. The lowest BCUT2D eigenvalue weighted by molar-refractivity contribution is 1.22. The molecule has 0 aliphatic heterocycles. The molecule has 0 fully saturated rings. The number of hydrogen-bond acceptors (Lipinski definition) is 2. The van der Waals surface area contributed by atoms with Crippen molar-refractivity contribution in [3.05, 3.63) is 57.7 Å². The summed E-state index contributed by atoms with van der Waals surface area (Å²) < 4.78 is 0. The molecule has 100 valence electrons. The molecule has 0 atom stereocenters. The van der Waals surface area contributed by atoms with Crippen molar-refractivity contribution in [3.63, 3.8) is 0 Å². The first-order valence-corrected chi connectivity index (χ1v) is 7.00. The minimum atomic E-state index is 0.473. The summed E-state index contributed by atoms with van der Waals surface area (Å²) in [6.07, 6.45) is 0. The number of aryl methyl sites for hydroxylation is 2. The van der Waals surface area contributed by atoms with Gasteiger partial charge in [-0.3, -0.25) is 0 Å². The molecular formula is C16H12Cl2N2. The second-order valence-corrected chi connectivity index (χ2v) is 5.59. The van der Waals surface area contributed by atoms with Crippen molar-refractivity contribution >= 4 is 34.1 Å². The number of nitrogens with zero attached hydrogens (tertiary/aromatic N) is 2. The molecule has 0 aliphatic rings. The van der Waals surface area contributed by atoms with Crippen LogP contribution in [0, 0.1) is 13.8 Å². The van der Waals surface area contributed by atoms with E-state index in [-0.39, 0.29) is 0 Å². The zero-order valence-corrected chi connectivity index (χ0v) is 12.6. The predicted octanol–water partition coefficient (Wildman–Crippen LogP) is 5.22. The fraction of sp³-hybridized carbons (Fsp3) is 0.125. The summed E-state index contributed by atoms with van der Waals surface area (Å²) in [5, 5.41) is 2.08. The standard InChI is InChI=1S/C16H12Cl2N2/c1-9-3-6-14-12(7-9)15(18)20-16(19-14)11-4-5-13(17)10(2)8-11/h3-8H,1-2H3. The van der Waals surface area contributed by atoms with Crippen molar-refractivity contribution < 1.29 is 0 Å². The van der Waals surface area contributed by atoms with Gasteiger partial charge in [-0.25, -0.2) is 9.97 Å². The fourth-order valence-electron chi connectivity index (χ4n) is 2.12. The second-order valence-electron chi connectivity index (χ2n) is 4.82. The van der Waals surface area contributed by atoms with Gasteiger partial charge in [-0.1, -0.05) is 34.8 Å². The Morgan fingerprint density at radius 1 is 0.900 bits per heavy atom. The zero-order valence-electron chi connectivity index (χ0n) is 11.1. The summed E-state index contributed by atoms with van der Waals surface area (Å²) >= 11 is 12.3. The van der Waals surface area contributed by atoms with Crippen LogP contribution in [0.15, 0.2) is 36.4 Å². The van der Waals surface area contributed by atoms with Crippen molar-refractivity contribution in [2.45, 2.75) is 13.8 Å². The molecule has 0 unspecified atom stereocenters. The first-order valence-electron chi connectivity index (χ1n) is 6.25. The molecule has 20 heavy (non-hydrogen) atoms. The maximum atomic E-state index is 6.28. The summed E-state index contributed by atoms with van der Waals surface area (Å²) in [6, 6.07) is 11.7. The first-order chi connectivity index (χ1) is 9.54. The van der Waals surface area contributed by atoms with Crippen LogP contribution in [0.2, 0.25) is 10.2 Å². The summed E-state index contributed by atoms with van der Waals surface area (Å²) in [7, 11) is 0. The van der Waals surface area contributed by atoms with E-state index in [9.17, 15) is 0 Å². The van der Waals surface area contributed by atoms with Crippen LogP contribution in [0.4, 0.5) is 0 Å². The summed E-state index contributed by atoms with van der Waals surface area (Å²) in [4.78, 5) is 8.97. The fourth-order valence-corrected chi connectivity index (χ4v) is 2.47. The molecule has 2 nitrogen and oxygen atoms in total. The Balaban J connectivity index is 2.21. The van der Waals surface area contributed by atoms with Crippen molar-refractivity contribution in [2.24, 2.45) is 0 Å². The molecular weight excluding hydrogens is 291 g/mol. The molecule has 0 saturated carbocycles. The lowest BCUT2D eigenvalue weighted by atomic mass is 10.1. The summed E-state index contributed by atoms with van der Waals surface area (Å²) in [5.41, 5.74) is 3.89. The van der Waals surface area contributed by atoms with E-state index in [4.69, 9.17) is 23.2 Å². The Morgan fingerprint density at radius 3 is 2.45 bits per heavy atom. The SMILES string of the molecule is Cc1ccc2nc(-c3ccc(Cl)c(C)c3)nc(Cl)c2c1. The van der Waals surface area contributed by atoms with Gasteiger partial charge in [0.25, 0.3) is 0 Å². The number of benzene rings is 2. The van der Waals surface area contributed by atoms with Gasteiger partial charge in [0.15, 0.2) is 5.82 Å². The van der Waals surface area contributed by atoms with E-state index in [1.165, 1.54) is 0 Å². The second kappa shape index (κ2) is 5.04. The number of halogens is 2. The number of aromatic nitrogens is 2. The summed E-state index contributed by atoms with van der Waals surface area (Å²) in [6.45, 7) is 3.98. The molecule has 0 N–H and O–H groups in total. The van der Waals surface area contributed by atoms with Crippen molar-refractivity contribution in [1.82, 2.24) is 9.97 Å².